The van der Waals surface area contributed by atoms with Gasteiger partial charge in [-0.05, 0) is 24.3 Å². The summed E-state index contributed by atoms with van der Waals surface area (Å²) in [5.41, 5.74) is 1.95. The minimum Gasteiger partial charge on any atom is -0.466 e. The van der Waals surface area contributed by atoms with Gasteiger partial charge in [0.05, 0.1) is 12.7 Å². The van der Waals surface area contributed by atoms with Crippen LogP contribution in [0, 0.1) is 11.7 Å². The van der Waals surface area contributed by atoms with Crippen LogP contribution in [0.25, 0.3) is 0 Å². The lowest BCUT2D eigenvalue weighted by Crippen LogP contribution is -2.54. The Balaban J connectivity index is 1.53. The lowest BCUT2D eigenvalue weighted by Gasteiger charge is -2.42. The number of halogens is 2. The van der Waals surface area contributed by atoms with Gasteiger partial charge in [-0.15, -0.1) is 11.3 Å². The molecule has 1 aromatic heterocycles. The molecule has 1 atom stereocenters. The van der Waals surface area contributed by atoms with Crippen LogP contribution in [0.5, 0.6) is 0 Å². The van der Waals surface area contributed by atoms with E-state index in [0.717, 1.165) is 0 Å². The number of carbonyl (C=O) groups excluding carboxylic acids is 2. The lowest BCUT2D eigenvalue weighted by molar-refractivity contribution is -0.136. The molecule has 7 nitrogen and oxygen atoms in total. The van der Waals surface area contributed by atoms with E-state index < -0.39 is 17.8 Å². The van der Waals surface area contributed by atoms with Gasteiger partial charge in [0, 0.05) is 52.4 Å². The summed E-state index contributed by atoms with van der Waals surface area (Å²) < 4.78 is 18.9. The Hall–Kier alpha value is -3.56. The maximum atomic E-state index is 13.8. The average molecular weight is 511 g/mol. The second-order valence-electron chi connectivity index (χ2n) is 8.10. The zero-order valence-electron chi connectivity index (χ0n) is 18.6. The van der Waals surface area contributed by atoms with Crippen molar-refractivity contribution in [2.24, 2.45) is 10.9 Å². The number of amides is 1. The number of nitrogens with one attached hydrogen (secondary N) is 1. The summed E-state index contributed by atoms with van der Waals surface area (Å²) >= 11 is 7.78. The Bertz CT molecular complexity index is 1340. The van der Waals surface area contributed by atoms with E-state index >= 15 is 0 Å². The summed E-state index contributed by atoms with van der Waals surface area (Å²) in [5, 5.41) is 5.87. The number of aromatic nitrogens is 1. The van der Waals surface area contributed by atoms with Crippen LogP contribution in [0.2, 0.25) is 5.02 Å². The van der Waals surface area contributed by atoms with E-state index in [0.29, 0.717) is 40.8 Å². The molecule has 1 N–H and O–H groups in total. The van der Waals surface area contributed by atoms with Gasteiger partial charge < -0.3 is 15.0 Å². The number of likely N-dealkylation sites (tertiary alicyclic amines) is 1. The molecule has 3 aromatic rings. The molecule has 2 aliphatic heterocycles. The maximum absolute atomic E-state index is 13.8. The predicted molar refractivity (Wildman–Crippen MR) is 131 cm³/mol. The third kappa shape index (κ3) is 4.44. The van der Waals surface area contributed by atoms with E-state index in [-0.39, 0.29) is 22.4 Å². The smallest absolute Gasteiger partial charge is 0.338 e. The molecular weight excluding hydrogens is 491 g/mol. The number of hydrogen-bond acceptors (Lipinski definition) is 7. The van der Waals surface area contributed by atoms with Gasteiger partial charge in [-0.1, -0.05) is 35.9 Å². The molecule has 0 radical (unpaired) electrons. The summed E-state index contributed by atoms with van der Waals surface area (Å²) in [6, 6.07) is 12.2. The number of aliphatic imine (C=N–C) groups is 1. The normalized spacial score (nSPS) is 18.0. The number of methoxy groups -OCH3 is 1. The second-order valence-corrected chi connectivity index (χ2v) is 9.40. The lowest BCUT2D eigenvalue weighted by atomic mass is 9.86. The topological polar surface area (TPSA) is 83.9 Å². The molecule has 178 valence electrons. The largest absolute Gasteiger partial charge is 0.466 e. The molecule has 0 aliphatic carbocycles. The molecule has 1 amide bonds. The van der Waals surface area contributed by atoms with E-state index in [1.165, 1.54) is 36.6 Å². The highest BCUT2D eigenvalue weighted by Crippen LogP contribution is 2.40. The Morgan fingerprint density at radius 3 is 2.63 bits per heavy atom. The van der Waals surface area contributed by atoms with Crippen LogP contribution in [-0.2, 0) is 9.53 Å². The van der Waals surface area contributed by atoms with Crippen molar-refractivity contribution in [2.45, 2.75) is 6.04 Å². The molecule has 0 saturated carbocycles. The first-order chi connectivity index (χ1) is 17.0. The van der Waals surface area contributed by atoms with Crippen LogP contribution in [0.3, 0.4) is 0 Å². The first-order valence-corrected chi connectivity index (χ1v) is 12.1. The van der Waals surface area contributed by atoms with Gasteiger partial charge in [0.25, 0.3) is 5.91 Å². The van der Waals surface area contributed by atoms with Gasteiger partial charge in [-0.3, -0.25) is 9.79 Å². The highest BCUT2D eigenvalue weighted by molar-refractivity contribution is 7.11. The van der Waals surface area contributed by atoms with Crippen molar-refractivity contribution >= 4 is 40.6 Å². The highest BCUT2D eigenvalue weighted by Gasteiger charge is 2.41. The number of nitrogens with zero attached hydrogens (tertiary/aromatic N) is 3. The molecule has 35 heavy (non-hydrogen) atoms. The van der Waals surface area contributed by atoms with Crippen molar-refractivity contribution in [2.75, 3.05) is 20.2 Å². The van der Waals surface area contributed by atoms with E-state index in [1.807, 2.05) is 23.6 Å². The van der Waals surface area contributed by atoms with E-state index in [2.05, 4.69) is 10.3 Å². The molecule has 2 aliphatic rings. The number of benzene rings is 2. The summed E-state index contributed by atoms with van der Waals surface area (Å²) in [7, 11) is 1.29. The monoisotopic (exact) mass is 510 g/mol. The number of rotatable bonds is 5. The van der Waals surface area contributed by atoms with Gasteiger partial charge >= 0.3 is 5.97 Å². The molecule has 5 rings (SSSR count). The standard InChI is InChI=1S/C25H20ClFN4O3S/c1-34-25(33)19-20(15-12-31(13-15)24(32)14-5-3-2-4-6-14)29-22(23-28-9-10-35-23)30-21(19)17-8-7-16(27)11-18(17)26/h2-11,15,21H,12-13H2,1H3,(H,29,30). The number of hydrogen-bond donors (Lipinski definition) is 1. The van der Waals surface area contributed by atoms with Crippen LogP contribution >= 0.6 is 22.9 Å². The van der Waals surface area contributed by atoms with Crippen molar-refractivity contribution in [3.05, 3.63) is 98.4 Å². The second kappa shape index (κ2) is 9.59. The minimum absolute atomic E-state index is 0.0789. The first kappa shape index (κ1) is 23.2. The predicted octanol–water partition coefficient (Wildman–Crippen LogP) is 4.23. The van der Waals surface area contributed by atoms with Gasteiger partial charge in [0.1, 0.15) is 11.9 Å². The van der Waals surface area contributed by atoms with Crippen LogP contribution < -0.4 is 5.32 Å². The summed E-state index contributed by atoms with van der Waals surface area (Å²) in [6.07, 6.45) is 1.66. The summed E-state index contributed by atoms with van der Waals surface area (Å²) in [4.78, 5) is 36.7. The Morgan fingerprint density at radius 1 is 1.20 bits per heavy atom. The molecule has 0 spiro atoms. The number of ether oxygens (including phenoxy) is 1. The molecule has 1 unspecified atom stereocenters. The van der Waals surface area contributed by atoms with Crippen molar-refractivity contribution in [1.82, 2.24) is 15.2 Å². The van der Waals surface area contributed by atoms with E-state index in [9.17, 15) is 14.0 Å². The number of esters is 1. The highest BCUT2D eigenvalue weighted by atomic mass is 35.5. The molecule has 1 fully saturated rings. The van der Waals surface area contributed by atoms with Gasteiger partial charge in [0.15, 0.2) is 10.8 Å². The summed E-state index contributed by atoms with van der Waals surface area (Å²) in [6.45, 7) is 0.817. The zero-order chi connectivity index (χ0) is 24.5. The fourth-order valence-electron chi connectivity index (χ4n) is 4.21. The SMILES string of the molecule is COC(=O)C1=C(C2CN(C(=O)c3ccccc3)C2)NC(c2nccs2)=NC1c1ccc(F)cc1Cl. The van der Waals surface area contributed by atoms with Crippen molar-refractivity contribution in [1.29, 1.82) is 0 Å². The third-order valence-corrected chi connectivity index (χ3v) is 7.08. The molecular formula is C25H20ClFN4O3S. The number of carbonyl (C=O) groups is 2. The zero-order valence-corrected chi connectivity index (χ0v) is 20.1. The average Bonchev–Trinajstić information content (AvgIpc) is 3.38. The Morgan fingerprint density at radius 2 is 1.97 bits per heavy atom. The molecule has 1 saturated heterocycles. The van der Waals surface area contributed by atoms with Gasteiger partial charge in [-0.25, -0.2) is 14.2 Å². The van der Waals surface area contributed by atoms with E-state index in [4.69, 9.17) is 21.3 Å². The number of amidine groups is 1. The van der Waals surface area contributed by atoms with Crippen LogP contribution in [0.1, 0.15) is 27.0 Å². The number of thiazole rings is 1. The van der Waals surface area contributed by atoms with Crippen LogP contribution in [0.15, 0.2) is 76.4 Å². The third-order valence-electron chi connectivity index (χ3n) is 5.97. The molecule has 0 bridgehead atoms. The van der Waals surface area contributed by atoms with Gasteiger partial charge in [0.2, 0.25) is 0 Å². The van der Waals surface area contributed by atoms with Crippen LogP contribution in [-0.4, -0.2) is 47.8 Å². The Labute approximate surface area is 209 Å². The molecule has 10 heteroatoms. The van der Waals surface area contributed by atoms with Crippen molar-refractivity contribution in [3.63, 3.8) is 0 Å². The maximum Gasteiger partial charge on any atom is 0.338 e. The Kier molecular flexibility index (Phi) is 6.36. The van der Waals surface area contributed by atoms with Gasteiger partial charge in [-0.2, -0.15) is 0 Å². The molecule has 3 heterocycles. The molecule has 2 aromatic carbocycles. The van der Waals surface area contributed by atoms with E-state index in [1.54, 1.807) is 23.2 Å². The first-order valence-electron chi connectivity index (χ1n) is 10.8. The fraction of sp³-hybridized carbons (Fsp3) is 0.200. The fourth-order valence-corrected chi connectivity index (χ4v) is 5.07. The minimum atomic E-state index is -0.829. The summed E-state index contributed by atoms with van der Waals surface area (Å²) in [5.74, 6) is -0.836. The van der Waals surface area contributed by atoms with Crippen LogP contribution in [0.4, 0.5) is 4.39 Å². The van der Waals surface area contributed by atoms with Crippen molar-refractivity contribution in [3.8, 4) is 0 Å². The van der Waals surface area contributed by atoms with Crippen molar-refractivity contribution < 1.29 is 18.7 Å². The quantitative estimate of drug-likeness (QED) is 0.519.